The largest absolute Gasteiger partial charge is 0.493 e. The molecule has 16 heteroatoms. The zero-order chi connectivity index (χ0) is 49.4. The quantitative estimate of drug-likeness (QED) is 0.0588. The van der Waals surface area contributed by atoms with Gasteiger partial charge >= 0.3 is 5.97 Å². The second kappa shape index (κ2) is 20.0. The van der Waals surface area contributed by atoms with Gasteiger partial charge in [-0.1, -0.05) is 60.1 Å². The summed E-state index contributed by atoms with van der Waals surface area (Å²) < 4.78 is 22.6. The minimum Gasteiger partial charge on any atom is -0.493 e. The van der Waals surface area contributed by atoms with Gasteiger partial charge in [0.15, 0.2) is 6.61 Å². The van der Waals surface area contributed by atoms with Crippen LogP contribution in [0.5, 0.6) is 11.5 Å². The molecule has 1 atom stereocenters. The monoisotopic (exact) mass is 969 g/mol. The topological polar surface area (TPSA) is 166 Å². The Bertz CT molecular complexity index is 3030. The SMILES string of the molecule is Cc1nn(C)c(C)c1-c1c(Cl)ccc2c(CCCOc3cccc4ccccc34)c(C(=O)OC(C)(C)C)n(CCN3CCC(NC(=O)COc4cccc5c4CN(C4CCC(=O)NC4=O)C5=O)CC3)c12. The number of fused-ring (bicyclic) bond motifs is 3. The minimum absolute atomic E-state index is 0.0761. The van der Waals surface area contributed by atoms with Crippen molar-refractivity contribution in [3.8, 4) is 22.6 Å². The van der Waals surface area contributed by atoms with Crippen LogP contribution in [0.4, 0.5) is 0 Å². The zero-order valence-corrected chi connectivity index (χ0v) is 41.4. The van der Waals surface area contributed by atoms with Crippen LogP contribution in [0.25, 0.3) is 32.8 Å². The van der Waals surface area contributed by atoms with Crippen molar-refractivity contribution in [2.45, 2.75) is 104 Å². The molecule has 2 N–H and O–H groups in total. The van der Waals surface area contributed by atoms with E-state index in [-0.39, 0.29) is 49.8 Å². The maximum absolute atomic E-state index is 14.6. The van der Waals surface area contributed by atoms with Gasteiger partial charge in [-0.15, -0.1) is 0 Å². The molecule has 5 heterocycles. The number of aromatic nitrogens is 3. The van der Waals surface area contributed by atoms with E-state index < -0.39 is 23.5 Å². The summed E-state index contributed by atoms with van der Waals surface area (Å²) in [6.07, 6.45) is 3.02. The average molecular weight is 971 g/mol. The number of imide groups is 1. The average Bonchev–Trinajstić information content (AvgIpc) is 3.92. The number of nitrogens with one attached hydrogen (secondary N) is 2. The lowest BCUT2D eigenvalue weighted by Gasteiger charge is -2.32. The van der Waals surface area contributed by atoms with Gasteiger partial charge in [-0.2, -0.15) is 5.10 Å². The predicted octanol–water partition coefficient (Wildman–Crippen LogP) is 7.85. The molecule has 2 fully saturated rings. The van der Waals surface area contributed by atoms with Crippen LogP contribution in [-0.2, 0) is 45.7 Å². The summed E-state index contributed by atoms with van der Waals surface area (Å²) in [5.74, 6) is -0.599. The fourth-order valence-corrected chi connectivity index (χ4v) is 10.5. The van der Waals surface area contributed by atoms with Crippen molar-refractivity contribution in [1.82, 2.24) is 34.8 Å². The van der Waals surface area contributed by atoms with Gasteiger partial charge in [0.25, 0.3) is 11.8 Å². The van der Waals surface area contributed by atoms with Crippen molar-refractivity contribution in [2.75, 3.05) is 32.8 Å². The summed E-state index contributed by atoms with van der Waals surface area (Å²) in [5, 5.41) is 13.9. The second-order valence-corrected chi connectivity index (χ2v) is 20.0. The smallest absolute Gasteiger partial charge is 0.355 e. The Morgan fingerprint density at radius 1 is 0.871 bits per heavy atom. The van der Waals surface area contributed by atoms with Crippen LogP contribution < -0.4 is 20.1 Å². The normalized spacial score (nSPS) is 16.8. The van der Waals surface area contributed by atoms with Crippen LogP contribution >= 0.6 is 11.6 Å². The first kappa shape index (κ1) is 48.3. The molecule has 366 valence electrons. The van der Waals surface area contributed by atoms with E-state index in [0.29, 0.717) is 86.1 Å². The molecule has 0 bridgehead atoms. The lowest BCUT2D eigenvalue weighted by molar-refractivity contribution is -0.137. The van der Waals surface area contributed by atoms with Crippen molar-refractivity contribution >= 4 is 62.9 Å². The molecule has 2 aromatic heterocycles. The van der Waals surface area contributed by atoms with Crippen molar-refractivity contribution in [3.05, 3.63) is 112 Å². The van der Waals surface area contributed by atoms with Crippen molar-refractivity contribution < 1.29 is 38.2 Å². The number of nitrogens with zero attached hydrogens (tertiary/aromatic N) is 5. The van der Waals surface area contributed by atoms with E-state index in [1.807, 2.05) is 82.7 Å². The molecule has 15 nitrogen and oxygen atoms in total. The third kappa shape index (κ3) is 9.86. The maximum atomic E-state index is 14.6. The van der Waals surface area contributed by atoms with E-state index >= 15 is 0 Å². The van der Waals surface area contributed by atoms with Gasteiger partial charge < -0.3 is 33.9 Å². The number of piperidine rings is 2. The van der Waals surface area contributed by atoms with Gasteiger partial charge in [-0.3, -0.25) is 29.2 Å². The number of halogens is 1. The number of esters is 1. The van der Waals surface area contributed by atoms with Crippen LogP contribution in [-0.4, -0.2) is 104 Å². The first-order chi connectivity index (χ1) is 33.6. The summed E-state index contributed by atoms with van der Waals surface area (Å²) in [6, 6.07) is 22.4. The molecule has 4 amide bonds. The highest BCUT2D eigenvalue weighted by Crippen LogP contribution is 2.43. The molecule has 3 aliphatic rings. The fourth-order valence-electron chi connectivity index (χ4n) is 10.3. The number of likely N-dealkylation sites (tertiary alicyclic amines) is 1. The molecule has 0 aliphatic carbocycles. The molecule has 70 heavy (non-hydrogen) atoms. The number of carbonyl (C=O) groups is 5. The van der Waals surface area contributed by atoms with Gasteiger partial charge in [0.2, 0.25) is 11.8 Å². The Morgan fingerprint density at radius 3 is 2.36 bits per heavy atom. The molecule has 1 unspecified atom stereocenters. The molecule has 6 aromatic rings. The molecule has 0 spiro atoms. The second-order valence-electron chi connectivity index (χ2n) is 19.6. The molecule has 4 aromatic carbocycles. The number of hydrogen-bond acceptors (Lipinski definition) is 10. The van der Waals surface area contributed by atoms with Crippen LogP contribution in [0.2, 0.25) is 5.02 Å². The number of ether oxygens (including phenoxy) is 3. The Kier molecular flexibility index (Phi) is 13.8. The summed E-state index contributed by atoms with van der Waals surface area (Å²) in [7, 11) is 1.92. The lowest BCUT2D eigenvalue weighted by Crippen LogP contribution is -2.52. The van der Waals surface area contributed by atoms with Crippen molar-refractivity contribution in [1.29, 1.82) is 0 Å². The predicted molar refractivity (Wildman–Crippen MR) is 267 cm³/mol. The van der Waals surface area contributed by atoms with E-state index in [9.17, 15) is 24.0 Å². The molecule has 0 radical (unpaired) electrons. The van der Waals surface area contributed by atoms with E-state index in [1.165, 1.54) is 4.90 Å². The Morgan fingerprint density at radius 2 is 1.61 bits per heavy atom. The number of aryl methyl sites for hydroxylation is 3. The molecular weight excluding hydrogens is 910 g/mol. The first-order valence-electron chi connectivity index (χ1n) is 24.2. The maximum Gasteiger partial charge on any atom is 0.355 e. The number of amides is 4. The van der Waals surface area contributed by atoms with E-state index in [1.54, 1.807) is 18.2 Å². The molecular formula is C54H60ClN7O8. The van der Waals surface area contributed by atoms with Gasteiger partial charge in [0, 0.05) is 84.4 Å². The van der Waals surface area contributed by atoms with Crippen LogP contribution in [0, 0.1) is 13.8 Å². The first-order valence-corrected chi connectivity index (χ1v) is 24.5. The molecule has 0 saturated carbocycles. The highest BCUT2D eigenvalue weighted by Gasteiger charge is 2.40. The summed E-state index contributed by atoms with van der Waals surface area (Å²) in [4.78, 5) is 69.4. The minimum atomic E-state index is -0.749. The van der Waals surface area contributed by atoms with Crippen LogP contribution in [0.1, 0.15) is 96.2 Å². The lowest BCUT2D eigenvalue weighted by atomic mass is 9.98. The third-order valence-electron chi connectivity index (χ3n) is 13.7. The zero-order valence-electron chi connectivity index (χ0n) is 40.7. The van der Waals surface area contributed by atoms with E-state index in [4.69, 9.17) is 30.9 Å². The van der Waals surface area contributed by atoms with Crippen LogP contribution in [0.15, 0.2) is 72.8 Å². The third-order valence-corrected chi connectivity index (χ3v) is 14.0. The highest BCUT2D eigenvalue weighted by atomic mass is 35.5. The number of benzene rings is 4. The number of rotatable bonds is 15. The fraction of sp³-hybridized carbons (Fsp3) is 0.407. The van der Waals surface area contributed by atoms with Crippen LogP contribution in [0.3, 0.4) is 0 Å². The summed E-state index contributed by atoms with van der Waals surface area (Å²) in [5.41, 5.74) is 6.06. The van der Waals surface area contributed by atoms with Crippen molar-refractivity contribution in [2.24, 2.45) is 7.05 Å². The molecule has 3 aliphatic heterocycles. The van der Waals surface area contributed by atoms with E-state index in [0.717, 1.165) is 55.5 Å². The standard InChI is InChI=1S/C54H60ClN7O8/c1-32-47(33(2)59(6)58-32)48-41(55)20-19-38-37(16-11-29-68-43-17-9-13-34-12-7-8-14-36(34)43)50(53(67)70-54(3,4)5)61(49(38)48)28-27-60-25-23-35(24-26-60)56-46(64)31-69-44-18-10-15-39-40(44)30-62(52(39)66)42-21-22-45(63)57-51(42)65/h7-10,12-15,17-20,35,42H,11,16,21-31H2,1-6H3,(H,56,64)(H,57,63,65). The molecule has 9 rings (SSSR count). The molecule has 2 saturated heterocycles. The Labute approximate surface area is 412 Å². The summed E-state index contributed by atoms with van der Waals surface area (Å²) in [6.45, 7) is 12.5. The summed E-state index contributed by atoms with van der Waals surface area (Å²) >= 11 is 7.21. The van der Waals surface area contributed by atoms with Gasteiger partial charge in [0.05, 0.1) is 29.4 Å². The number of hydrogen-bond donors (Lipinski definition) is 2. The van der Waals surface area contributed by atoms with E-state index in [2.05, 4.69) is 38.3 Å². The Hall–Kier alpha value is -6.71. The van der Waals surface area contributed by atoms with Crippen molar-refractivity contribution in [3.63, 3.8) is 0 Å². The van der Waals surface area contributed by atoms with Gasteiger partial charge in [0.1, 0.15) is 28.8 Å². The van der Waals surface area contributed by atoms with Gasteiger partial charge in [-0.25, -0.2) is 4.79 Å². The van der Waals surface area contributed by atoms with Gasteiger partial charge in [-0.05, 0) is 102 Å². The Balaban J connectivity index is 0.907. The number of carbonyl (C=O) groups excluding carboxylic acids is 5. The highest BCUT2D eigenvalue weighted by molar-refractivity contribution is 6.35.